The van der Waals surface area contributed by atoms with Gasteiger partial charge in [-0.1, -0.05) is 12.1 Å². The summed E-state index contributed by atoms with van der Waals surface area (Å²) >= 11 is 0. The average molecular weight is 413 g/mol. The van der Waals surface area contributed by atoms with Gasteiger partial charge in [0.25, 0.3) is 0 Å². The number of rotatable bonds is 5. The Morgan fingerprint density at radius 1 is 1.07 bits per heavy atom. The van der Waals surface area contributed by atoms with Gasteiger partial charge in [-0.05, 0) is 55.3 Å². The third kappa shape index (κ3) is 5.01. The van der Waals surface area contributed by atoms with Crippen molar-refractivity contribution in [1.82, 2.24) is 9.21 Å². The molecule has 0 aliphatic carbocycles. The molecule has 29 heavy (non-hydrogen) atoms. The molecule has 1 amide bonds. The highest BCUT2D eigenvalue weighted by molar-refractivity contribution is 7.89. The molecule has 0 unspecified atom stereocenters. The molecule has 7 nitrogen and oxygen atoms in total. The van der Waals surface area contributed by atoms with E-state index in [0.717, 1.165) is 11.1 Å². The number of amides is 1. The third-order valence-corrected chi connectivity index (χ3v) is 7.00. The Morgan fingerprint density at radius 2 is 1.72 bits per heavy atom. The van der Waals surface area contributed by atoms with Crippen molar-refractivity contribution in [2.24, 2.45) is 0 Å². The molecule has 8 heteroatoms. The molecule has 1 saturated heterocycles. The van der Waals surface area contributed by atoms with E-state index in [2.05, 4.69) is 5.32 Å². The molecule has 2 aromatic carbocycles. The van der Waals surface area contributed by atoms with E-state index in [1.165, 1.54) is 4.31 Å². The monoisotopic (exact) mass is 412 g/mol. The molecular formula is C21H24N4O3S. The minimum atomic E-state index is -3.54. The van der Waals surface area contributed by atoms with Crippen LogP contribution in [0.5, 0.6) is 0 Å². The maximum Gasteiger partial charge on any atom is 0.243 e. The van der Waals surface area contributed by atoms with Crippen molar-refractivity contribution < 1.29 is 13.2 Å². The summed E-state index contributed by atoms with van der Waals surface area (Å²) in [5, 5.41) is 11.6. The summed E-state index contributed by atoms with van der Waals surface area (Å²) in [4.78, 5) is 14.6. The van der Waals surface area contributed by atoms with Crippen molar-refractivity contribution >= 4 is 21.6 Å². The van der Waals surface area contributed by atoms with E-state index < -0.39 is 10.0 Å². The van der Waals surface area contributed by atoms with Gasteiger partial charge in [-0.2, -0.15) is 9.57 Å². The van der Waals surface area contributed by atoms with Crippen molar-refractivity contribution in [2.45, 2.75) is 18.7 Å². The number of hydrogen-bond acceptors (Lipinski definition) is 5. The van der Waals surface area contributed by atoms with Gasteiger partial charge in [-0.25, -0.2) is 8.42 Å². The maximum atomic E-state index is 13.0. The molecule has 0 radical (unpaired) electrons. The van der Waals surface area contributed by atoms with Gasteiger partial charge < -0.3 is 5.32 Å². The van der Waals surface area contributed by atoms with Crippen LogP contribution in [0.25, 0.3) is 0 Å². The molecule has 1 N–H and O–H groups in total. The molecule has 0 spiro atoms. The van der Waals surface area contributed by atoms with E-state index in [4.69, 9.17) is 5.26 Å². The fourth-order valence-corrected chi connectivity index (χ4v) is 5.02. The Bertz CT molecular complexity index is 1030. The van der Waals surface area contributed by atoms with Crippen LogP contribution in [0.3, 0.4) is 0 Å². The van der Waals surface area contributed by atoms with Crippen molar-refractivity contribution in [3.8, 4) is 6.07 Å². The molecule has 1 aliphatic rings. The first-order valence-electron chi connectivity index (χ1n) is 9.39. The van der Waals surface area contributed by atoms with Gasteiger partial charge in [0.05, 0.1) is 23.1 Å². The second-order valence-electron chi connectivity index (χ2n) is 7.19. The minimum absolute atomic E-state index is 0.166. The Balaban J connectivity index is 1.56. The molecule has 152 valence electrons. The first-order chi connectivity index (χ1) is 13.8. The molecule has 1 heterocycles. The Morgan fingerprint density at radius 3 is 2.34 bits per heavy atom. The summed E-state index contributed by atoms with van der Waals surface area (Å²) in [6.07, 6.45) is 0. The van der Waals surface area contributed by atoms with Crippen LogP contribution in [0, 0.1) is 25.2 Å². The van der Waals surface area contributed by atoms with Crippen LogP contribution in [0.2, 0.25) is 0 Å². The van der Waals surface area contributed by atoms with E-state index in [9.17, 15) is 13.2 Å². The van der Waals surface area contributed by atoms with Crippen LogP contribution in [0.4, 0.5) is 5.69 Å². The molecule has 2 aromatic rings. The van der Waals surface area contributed by atoms with E-state index in [1.54, 1.807) is 37.3 Å². The second kappa shape index (κ2) is 8.74. The average Bonchev–Trinajstić information content (AvgIpc) is 2.70. The van der Waals surface area contributed by atoms with Crippen molar-refractivity contribution in [2.75, 3.05) is 38.0 Å². The number of hydrogen-bond donors (Lipinski definition) is 1. The predicted octanol–water partition coefficient (Wildman–Crippen LogP) is 2.12. The topological polar surface area (TPSA) is 93.5 Å². The summed E-state index contributed by atoms with van der Waals surface area (Å²) in [6, 6.07) is 14.1. The van der Waals surface area contributed by atoms with Crippen LogP contribution in [-0.4, -0.2) is 56.3 Å². The van der Waals surface area contributed by atoms with Gasteiger partial charge in [0.2, 0.25) is 15.9 Å². The quantitative estimate of drug-likeness (QED) is 0.812. The van der Waals surface area contributed by atoms with Gasteiger partial charge >= 0.3 is 0 Å². The molecule has 0 saturated carbocycles. The molecule has 1 aliphatic heterocycles. The molecule has 0 bridgehead atoms. The van der Waals surface area contributed by atoms with Crippen LogP contribution < -0.4 is 5.32 Å². The van der Waals surface area contributed by atoms with Crippen molar-refractivity contribution in [1.29, 1.82) is 5.26 Å². The van der Waals surface area contributed by atoms with E-state index in [-0.39, 0.29) is 12.5 Å². The van der Waals surface area contributed by atoms with Gasteiger partial charge in [-0.3, -0.25) is 9.69 Å². The largest absolute Gasteiger partial charge is 0.325 e. The van der Waals surface area contributed by atoms with Gasteiger partial charge in [0.15, 0.2) is 0 Å². The van der Waals surface area contributed by atoms with Gasteiger partial charge in [0, 0.05) is 31.9 Å². The van der Waals surface area contributed by atoms with E-state index >= 15 is 0 Å². The Hall–Kier alpha value is -2.73. The lowest BCUT2D eigenvalue weighted by atomic mass is 10.2. The fraction of sp³-hybridized carbons (Fsp3) is 0.333. The standard InChI is InChI=1S/C21H24N4O3S/c1-16-3-4-17(2)20(13-16)29(27,28)25-11-9-24(10-12-25)15-21(26)23-19-7-5-18(14-22)6-8-19/h3-8,13H,9-12,15H2,1-2H3,(H,23,26). The number of benzene rings is 2. The fourth-order valence-electron chi connectivity index (χ4n) is 3.28. The highest BCUT2D eigenvalue weighted by Gasteiger charge is 2.30. The lowest BCUT2D eigenvalue weighted by Gasteiger charge is -2.33. The molecular weight excluding hydrogens is 388 g/mol. The molecule has 0 atom stereocenters. The summed E-state index contributed by atoms with van der Waals surface area (Å²) in [6.45, 7) is 5.55. The summed E-state index contributed by atoms with van der Waals surface area (Å²) < 4.78 is 27.5. The van der Waals surface area contributed by atoms with Crippen LogP contribution in [-0.2, 0) is 14.8 Å². The lowest BCUT2D eigenvalue weighted by molar-refractivity contribution is -0.117. The lowest BCUT2D eigenvalue weighted by Crippen LogP contribution is -2.50. The number of anilines is 1. The zero-order valence-electron chi connectivity index (χ0n) is 16.6. The number of aryl methyl sites for hydroxylation is 2. The Kier molecular flexibility index (Phi) is 6.33. The normalized spacial score (nSPS) is 15.6. The van der Waals surface area contributed by atoms with Crippen molar-refractivity contribution in [3.05, 3.63) is 59.2 Å². The summed E-state index contributed by atoms with van der Waals surface area (Å²) in [5.74, 6) is -0.166. The Labute approximate surface area is 171 Å². The predicted molar refractivity (Wildman–Crippen MR) is 111 cm³/mol. The zero-order chi connectivity index (χ0) is 21.0. The third-order valence-electron chi connectivity index (χ3n) is 4.96. The second-order valence-corrected chi connectivity index (χ2v) is 9.09. The van der Waals surface area contributed by atoms with Gasteiger partial charge in [0.1, 0.15) is 0 Å². The smallest absolute Gasteiger partial charge is 0.243 e. The highest BCUT2D eigenvalue weighted by Crippen LogP contribution is 2.22. The minimum Gasteiger partial charge on any atom is -0.325 e. The first-order valence-corrected chi connectivity index (χ1v) is 10.8. The summed E-state index contributed by atoms with van der Waals surface area (Å²) in [5.41, 5.74) is 2.81. The number of carbonyl (C=O) groups is 1. The number of nitrogens with one attached hydrogen (secondary N) is 1. The van der Waals surface area contributed by atoms with Crippen molar-refractivity contribution in [3.63, 3.8) is 0 Å². The van der Waals surface area contributed by atoms with Crippen LogP contribution >= 0.6 is 0 Å². The molecule has 3 rings (SSSR count). The van der Waals surface area contributed by atoms with E-state index in [0.29, 0.717) is 42.3 Å². The highest BCUT2D eigenvalue weighted by atomic mass is 32.2. The zero-order valence-corrected chi connectivity index (χ0v) is 17.4. The number of nitrogens with zero attached hydrogens (tertiary/aromatic N) is 3. The molecule has 0 aromatic heterocycles. The molecule has 1 fully saturated rings. The number of nitriles is 1. The number of carbonyl (C=O) groups excluding carboxylic acids is 1. The number of sulfonamides is 1. The van der Waals surface area contributed by atoms with Gasteiger partial charge in [-0.15, -0.1) is 0 Å². The summed E-state index contributed by atoms with van der Waals surface area (Å²) in [7, 11) is -3.54. The van der Waals surface area contributed by atoms with E-state index in [1.807, 2.05) is 30.0 Å². The number of piperazine rings is 1. The maximum absolute atomic E-state index is 13.0. The van der Waals surface area contributed by atoms with Crippen LogP contribution in [0.15, 0.2) is 47.4 Å². The first kappa shape index (κ1) is 21.0. The van der Waals surface area contributed by atoms with Crippen LogP contribution in [0.1, 0.15) is 16.7 Å². The SMILES string of the molecule is Cc1ccc(C)c(S(=O)(=O)N2CCN(CC(=O)Nc3ccc(C#N)cc3)CC2)c1.